The van der Waals surface area contributed by atoms with Gasteiger partial charge < -0.3 is 4.74 Å². The lowest BCUT2D eigenvalue weighted by Gasteiger charge is -2.07. The van der Waals surface area contributed by atoms with E-state index < -0.39 is 0 Å². The quantitative estimate of drug-likeness (QED) is 0.607. The van der Waals surface area contributed by atoms with Crippen molar-refractivity contribution in [3.63, 3.8) is 0 Å². The van der Waals surface area contributed by atoms with E-state index in [4.69, 9.17) is 4.74 Å². The first-order chi connectivity index (χ1) is 5.75. The summed E-state index contributed by atoms with van der Waals surface area (Å²) in [6, 6.07) is 10.1. The lowest BCUT2D eigenvalue weighted by Crippen LogP contribution is -1.88. The summed E-state index contributed by atoms with van der Waals surface area (Å²) in [6.45, 7) is 4.09. The molecule has 0 bridgehead atoms. The van der Waals surface area contributed by atoms with E-state index >= 15 is 0 Å². The van der Waals surface area contributed by atoms with Gasteiger partial charge in [0.05, 0.1) is 7.11 Å². The standard InChI is InChI=1S/C11H14O/c1-9(2)11(12-3)10-7-5-4-6-8-10/h4-8H,1-3H3. The van der Waals surface area contributed by atoms with Crippen LogP contribution in [0.2, 0.25) is 0 Å². The zero-order valence-electron chi connectivity index (χ0n) is 7.79. The molecule has 0 amide bonds. The van der Waals surface area contributed by atoms with E-state index in [2.05, 4.69) is 0 Å². The maximum Gasteiger partial charge on any atom is 0.124 e. The topological polar surface area (TPSA) is 9.23 Å². The summed E-state index contributed by atoms with van der Waals surface area (Å²) in [5.74, 6) is 0.968. The minimum atomic E-state index is 0.968. The minimum absolute atomic E-state index is 0.968. The van der Waals surface area contributed by atoms with Gasteiger partial charge in [-0.2, -0.15) is 0 Å². The van der Waals surface area contributed by atoms with Crippen LogP contribution in [0.4, 0.5) is 0 Å². The Morgan fingerprint density at radius 1 is 1.08 bits per heavy atom. The van der Waals surface area contributed by atoms with Crippen LogP contribution >= 0.6 is 0 Å². The van der Waals surface area contributed by atoms with Crippen molar-refractivity contribution in [1.82, 2.24) is 0 Å². The van der Waals surface area contributed by atoms with E-state index in [9.17, 15) is 0 Å². The Morgan fingerprint density at radius 3 is 2.08 bits per heavy atom. The van der Waals surface area contributed by atoms with Gasteiger partial charge in [-0.25, -0.2) is 0 Å². The summed E-state index contributed by atoms with van der Waals surface area (Å²) in [5.41, 5.74) is 2.34. The third kappa shape index (κ3) is 1.88. The molecular weight excluding hydrogens is 148 g/mol. The highest BCUT2D eigenvalue weighted by atomic mass is 16.5. The molecule has 0 aliphatic rings. The first-order valence-corrected chi connectivity index (χ1v) is 4.02. The average molecular weight is 162 g/mol. The van der Waals surface area contributed by atoms with E-state index in [1.165, 1.54) is 5.57 Å². The van der Waals surface area contributed by atoms with E-state index in [0.717, 1.165) is 11.3 Å². The molecule has 0 heterocycles. The zero-order valence-corrected chi connectivity index (χ0v) is 7.79. The van der Waals surface area contributed by atoms with Gasteiger partial charge in [-0.1, -0.05) is 30.3 Å². The van der Waals surface area contributed by atoms with E-state index in [-0.39, 0.29) is 0 Å². The fraction of sp³-hybridized carbons (Fsp3) is 0.273. The maximum atomic E-state index is 5.28. The molecule has 0 fully saturated rings. The van der Waals surface area contributed by atoms with Crippen molar-refractivity contribution in [3.05, 3.63) is 41.5 Å². The summed E-state index contributed by atoms with van der Waals surface area (Å²) >= 11 is 0. The number of methoxy groups -OCH3 is 1. The van der Waals surface area contributed by atoms with Crippen molar-refractivity contribution < 1.29 is 4.74 Å². The number of ether oxygens (including phenoxy) is 1. The van der Waals surface area contributed by atoms with Gasteiger partial charge in [-0.15, -0.1) is 0 Å². The van der Waals surface area contributed by atoms with Crippen LogP contribution in [0.3, 0.4) is 0 Å². The van der Waals surface area contributed by atoms with Gasteiger partial charge in [0.15, 0.2) is 0 Å². The molecule has 1 nitrogen and oxygen atoms in total. The summed E-state index contributed by atoms with van der Waals surface area (Å²) in [5, 5.41) is 0. The summed E-state index contributed by atoms with van der Waals surface area (Å²) in [6.07, 6.45) is 0. The number of hydrogen-bond acceptors (Lipinski definition) is 1. The van der Waals surface area contributed by atoms with Gasteiger partial charge in [0.1, 0.15) is 5.76 Å². The highest BCUT2D eigenvalue weighted by molar-refractivity contribution is 5.61. The third-order valence-electron chi connectivity index (χ3n) is 1.69. The SMILES string of the molecule is COC(=C(C)C)c1ccccc1. The van der Waals surface area contributed by atoms with Gasteiger partial charge in [0.25, 0.3) is 0 Å². The molecule has 1 aromatic carbocycles. The molecule has 0 saturated heterocycles. The molecule has 0 atom stereocenters. The van der Waals surface area contributed by atoms with E-state index in [0.29, 0.717) is 0 Å². The summed E-state index contributed by atoms with van der Waals surface area (Å²) in [7, 11) is 1.70. The third-order valence-corrected chi connectivity index (χ3v) is 1.69. The molecule has 0 aliphatic carbocycles. The first kappa shape index (κ1) is 8.85. The molecule has 64 valence electrons. The van der Waals surface area contributed by atoms with Crippen molar-refractivity contribution in [2.24, 2.45) is 0 Å². The van der Waals surface area contributed by atoms with Gasteiger partial charge in [-0.3, -0.25) is 0 Å². The van der Waals surface area contributed by atoms with Crippen LogP contribution in [0, 0.1) is 0 Å². The molecule has 1 heteroatoms. The van der Waals surface area contributed by atoms with Crippen LogP contribution in [-0.2, 0) is 4.74 Å². The van der Waals surface area contributed by atoms with Crippen molar-refractivity contribution in [2.45, 2.75) is 13.8 Å². The molecule has 0 spiro atoms. The van der Waals surface area contributed by atoms with Crippen molar-refractivity contribution in [2.75, 3.05) is 7.11 Å². The molecule has 0 N–H and O–H groups in total. The molecule has 0 aliphatic heterocycles. The summed E-state index contributed by atoms with van der Waals surface area (Å²) in [4.78, 5) is 0. The molecule has 0 radical (unpaired) electrons. The molecule has 0 unspecified atom stereocenters. The Morgan fingerprint density at radius 2 is 1.67 bits per heavy atom. The lowest BCUT2D eigenvalue weighted by atomic mass is 10.1. The first-order valence-electron chi connectivity index (χ1n) is 4.02. The Kier molecular flexibility index (Phi) is 2.92. The fourth-order valence-corrected chi connectivity index (χ4v) is 1.20. The van der Waals surface area contributed by atoms with Gasteiger partial charge >= 0.3 is 0 Å². The van der Waals surface area contributed by atoms with Crippen LogP contribution in [0.25, 0.3) is 5.76 Å². The number of allylic oxidation sites excluding steroid dienone is 1. The van der Waals surface area contributed by atoms with Gasteiger partial charge in [0, 0.05) is 5.56 Å². The smallest absolute Gasteiger partial charge is 0.124 e. The Hall–Kier alpha value is -1.24. The molecule has 12 heavy (non-hydrogen) atoms. The van der Waals surface area contributed by atoms with Gasteiger partial charge in [0.2, 0.25) is 0 Å². The zero-order chi connectivity index (χ0) is 8.97. The maximum absolute atomic E-state index is 5.28. The lowest BCUT2D eigenvalue weighted by molar-refractivity contribution is 0.367. The second-order valence-electron chi connectivity index (χ2n) is 2.90. The summed E-state index contributed by atoms with van der Waals surface area (Å²) < 4.78 is 5.28. The number of rotatable bonds is 2. The van der Waals surface area contributed by atoms with Crippen molar-refractivity contribution >= 4 is 5.76 Å². The molecule has 1 aromatic rings. The molecule has 0 saturated carbocycles. The average Bonchev–Trinajstić information content (AvgIpc) is 2.07. The van der Waals surface area contributed by atoms with Crippen LogP contribution in [0.15, 0.2) is 35.9 Å². The van der Waals surface area contributed by atoms with Crippen LogP contribution in [0.1, 0.15) is 19.4 Å². The van der Waals surface area contributed by atoms with Crippen LogP contribution in [-0.4, -0.2) is 7.11 Å². The van der Waals surface area contributed by atoms with Crippen LogP contribution < -0.4 is 0 Å². The Bertz CT molecular complexity index is 268. The van der Waals surface area contributed by atoms with Gasteiger partial charge in [-0.05, 0) is 19.4 Å². The predicted octanol–water partition coefficient (Wildman–Crippen LogP) is 3.08. The Labute approximate surface area is 73.7 Å². The normalized spacial score (nSPS) is 9.25. The Balaban J connectivity index is 3.05. The monoisotopic (exact) mass is 162 g/mol. The second kappa shape index (κ2) is 3.96. The van der Waals surface area contributed by atoms with E-state index in [1.54, 1.807) is 7.11 Å². The van der Waals surface area contributed by atoms with Crippen molar-refractivity contribution in [1.29, 1.82) is 0 Å². The van der Waals surface area contributed by atoms with Crippen LogP contribution in [0.5, 0.6) is 0 Å². The second-order valence-corrected chi connectivity index (χ2v) is 2.90. The molecule has 1 rings (SSSR count). The minimum Gasteiger partial charge on any atom is -0.496 e. The predicted molar refractivity (Wildman–Crippen MR) is 51.7 cm³/mol. The number of benzene rings is 1. The molecule has 0 aromatic heterocycles. The largest absolute Gasteiger partial charge is 0.496 e. The molecular formula is C11H14O. The number of hydrogen-bond donors (Lipinski definition) is 0. The highest BCUT2D eigenvalue weighted by Crippen LogP contribution is 2.18. The van der Waals surface area contributed by atoms with E-state index in [1.807, 2.05) is 44.2 Å². The fourth-order valence-electron chi connectivity index (χ4n) is 1.20. The highest BCUT2D eigenvalue weighted by Gasteiger charge is 2.00. The van der Waals surface area contributed by atoms with Crippen molar-refractivity contribution in [3.8, 4) is 0 Å².